The highest BCUT2D eigenvalue weighted by Crippen LogP contribution is 2.47. The molecule has 0 bridgehead atoms. The molecule has 1 atom stereocenters. The van der Waals surface area contributed by atoms with Gasteiger partial charge in [-0.3, -0.25) is 0 Å². The molecule has 1 aliphatic heterocycles. The molecule has 1 aliphatic rings. The summed E-state index contributed by atoms with van der Waals surface area (Å²) in [6.07, 6.45) is 3.25. The molecule has 2 heterocycles. The van der Waals surface area contributed by atoms with Crippen molar-refractivity contribution in [1.82, 2.24) is 9.13 Å². The van der Waals surface area contributed by atoms with E-state index < -0.39 is 8.24 Å². The van der Waals surface area contributed by atoms with Crippen molar-refractivity contribution in [3.8, 4) is 5.75 Å². The smallest absolute Gasteiger partial charge is 0.169 e. The minimum absolute atomic E-state index is 0.244. The molecule has 0 saturated heterocycles. The SMILES string of the molecule is CC(C)[Si](C(C)C)(C(C)C)n1cc2c3c(c(F)ccc31)OCC(N(C)C)C2. The van der Waals surface area contributed by atoms with Crippen LogP contribution in [-0.2, 0) is 6.42 Å². The number of rotatable bonds is 5. The van der Waals surface area contributed by atoms with Crippen LogP contribution in [0.4, 0.5) is 4.39 Å². The van der Waals surface area contributed by atoms with Gasteiger partial charge in [0.2, 0.25) is 0 Å². The summed E-state index contributed by atoms with van der Waals surface area (Å²) < 4.78 is 23.3. The van der Waals surface area contributed by atoms with Crippen molar-refractivity contribution in [2.45, 2.75) is 70.6 Å². The standard InChI is InChI=1S/C22H35FN2OSi/c1-14(2)27(15(3)4,16(5)6)25-12-17-11-18(24(7)8)13-26-22-19(23)9-10-20(25)21(17)22/h9-10,12,14-16,18H,11,13H2,1-8H3. The Labute approximate surface area is 164 Å². The van der Waals surface area contributed by atoms with E-state index >= 15 is 0 Å². The lowest BCUT2D eigenvalue weighted by Gasteiger charge is -2.44. The van der Waals surface area contributed by atoms with E-state index in [1.165, 1.54) is 5.56 Å². The third-order valence-corrected chi connectivity index (χ3v) is 13.5. The zero-order valence-electron chi connectivity index (χ0n) is 18.1. The lowest BCUT2D eigenvalue weighted by Crippen LogP contribution is -2.51. The molecule has 0 saturated carbocycles. The number of likely N-dealkylation sites (N-methyl/N-ethyl adjacent to an activating group) is 1. The second kappa shape index (κ2) is 7.25. The number of halogens is 1. The molecule has 0 fully saturated rings. The number of ether oxygens (including phenoxy) is 1. The van der Waals surface area contributed by atoms with E-state index in [0.717, 1.165) is 17.3 Å². The number of aromatic nitrogens is 1. The average Bonchev–Trinajstić information content (AvgIpc) is 2.78. The minimum atomic E-state index is -1.92. The highest BCUT2D eigenvalue weighted by atomic mass is 28.3. The van der Waals surface area contributed by atoms with E-state index in [1.54, 1.807) is 6.07 Å². The Morgan fingerprint density at radius 3 is 2.19 bits per heavy atom. The predicted molar refractivity (Wildman–Crippen MR) is 115 cm³/mol. The first-order valence-electron chi connectivity index (χ1n) is 10.2. The largest absolute Gasteiger partial charge is 0.488 e. The van der Waals surface area contributed by atoms with Gasteiger partial charge in [0.25, 0.3) is 0 Å². The van der Waals surface area contributed by atoms with Gasteiger partial charge in [-0.25, -0.2) is 4.39 Å². The molecule has 1 unspecified atom stereocenters. The zero-order chi connectivity index (χ0) is 20.1. The Hall–Kier alpha value is -1.33. The van der Waals surface area contributed by atoms with Crippen molar-refractivity contribution < 1.29 is 9.13 Å². The van der Waals surface area contributed by atoms with Crippen LogP contribution >= 0.6 is 0 Å². The van der Waals surface area contributed by atoms with Crippen molar-refractivity contribution in [1.29, 1.82) is 0 Å². The summed E-state index contributed by atoms with van der Waals surface area (Å²) in [5, 5.41) is 0.998. The van der Waals surface area contributed by atoms with Gasteiger partial charge in [0.1, 0.15) is 6.61 Å². The van der Waals surface area contributed by atoms with Crippen molar-refractivity contribution >= 4 is 19.1 Å². The van der Waals surface area contributed by atoms with Crippen LogP contribution in [0.1, 0.15) is 47.1 Å². The van der Waals surface area contributed by atoms with Crippen LogP contribution < -0.4 is 4.74 Å². The maximum atomic E-state index is 14.7. The number of hydrogen-bond acceptors (Lipinski definition) is 2. The second-order valence-corrected chi connectivity index (χ2v) is 15.0. The Bertz CT molecular complexity index is 804. The normalized spacial score (nSPS) is 18.0. The first-order chi connectivity index (χ1) is 12.6. The van der Waals surface area contributed by atoms with Crippen LogP contribution in [0.25, 0.3) is 10.9 Å². The van der Waals surface area contributed by atoms with E-state index in [4.69, 9.17) is 4.74 Å². The van der Waals surface area contributed by atoms with Crippen LogP contribution in [0.5, 0.6) is 5.75 Å². The van der Waals surface area contributed by atoms with Gasteiger partial charge < -0.3 is 13.9 Å². The van der Waals surface area contributed by atoms with Crippen LogP contribution in [-0.4, -0.2) is 44.1 Å². The maximum absolute atomic E-state index is 14.7. The molecule has 0 amide bonds. The van der Waals surface area contributed by atoms with E-state index in [-0.39, 0.29) is 11.9 Å². The highest BCUT2D eigenvalue weighted by Gasteiger charge is 2.46. The molecule has 27 heavy (non-hydrogen) atoms. The predicted octanol–water partition coefficient (Wildman–Crippen LogP) is 5.67. The van der Waals surface area contributed by atoms with Crippen LogP contribution in [0.2, 0.25) is 16.6 Å². The van der Waals surface area contributed by atoms with E-state index in [2.05, 4.69) is 71.0 Å². The summed E-state index contributed by atoms with van der Waals surface area (Å²) in [6.45, 7) is 14.7. The molecule has 0 spiro atoms. The van der Waals surface area contributed by atoms with Crippen molar-refractivity contribution in [2.75, 3.05) is 20.7 Å². The summed E-state index contributed by atoms with van der Waals surface area (Å²) in [5.41, 5.74) is 4.15. The number of hydrogen-bond donors (Lipinski definition) is 0. The number of nitrogens with zero attached hydrogens (tertiary/aromatic N) is 2. The van der Waals surface area contributed by atoms with Crippen LogP contribution in [0.15, 0.2) is 18.3 Å². The van der Waals surface area contributed by atoms with Gasteiger partial charge in [0, 0.05) is 16.9 Å². The summed E-state index contributed by atoms with van der Waals surface area (Å²) in [6, 6.07) is 3.82. The lowest BCUT2D eigenvalue weighted by atomic mass is 10.1. The molecular formula is C22H35FN2OSi. The van der Waals surface area contributed by atoms with Crippen molar-refractivity contribution in [3.63, 3.8) is 0 Å². The molecule has 0 radical (unpaired) electrons. The third kappa shape index (κ3) is 3.03. The summed E-state index contributed by atoms with van der Waals surface area (Å²) in [7, 11) is 2.23. The van der Waals surface area contributed by atoms with Crippen molar-refractivity contribution in [3.05, 3.63) is 29.7 Å². The molecule has 0 N–H and O–H groups in total. The van der Waals surface area contributed by atoms with Gasteiger partial charge in [0.15, 0.2) is 19.8 Å². The fraction of sp³-hybridized carbons (Fsp3) is 0.636. The maximum Gasteiger partial charge on any atom is 0.169 e. The summed E-state index contributed by atoms with van der Waals surface area (Å²) in [4.78, 5) is 2.19. The highest BCUT2D eigenvalue weighted by molar-refractivity contribution is 6.82. The Balaban J connectivity index is 2.34. The minimum Gasteiger partial charge on any atom is -0.488 e. The molecule has 3 nitrogen and oxygen atoms in total. The van der Waals surface area contributed by atoms with E-state index in [0.29, 0.717) is 29.0 Å². The lowest BCUT2D eigenvalue weighted by molar-refractivity contribution is 0.186. The average molecular weight is 391 g/mol. The molecule has 5 heteroatoms. The Morgan fingerprint density at radius 2 is 1.67 bits per heavy atom. The Kier molecular flexibility index (Phi) is 5.48. The van der Waals surface area contributed by atoms with Crippen molar-refractivity contribution in [2.24, 2.45) is 0 Å². The summed E-state index contributed by atoms with van der Waals surface area (Å²) in [5.74, 6) is 0.205. The van der Waals surface area contributed by atoms with Gasteiger partial charge in [-0.05, 0) is 61.0 Å². The molecule has 2 aromatic rings. The molecule has 0 aliphatic carbocycles. The van der Waals surface area contributed by atoms with Gasteiger partial charge in [-0.2, -0.15) is 0 Å². The van der Waals surface area contributed by atoms with Crippen LogP contribution in [0, 0.1) is 5.82 Å². The molecule has 150 valence electrons. The fourth-order valence-electron chi connectivity index (χ4n) is 5.62. The molecule has 1 aromatic carbocycles. The van der Waals surface area contributed by atoms with Gasteiger partial charge in [-0.1, -0.05) is 41.5 Å². The Morgan fingerprint density at radius 1 is 1.07 bits per heavy atom. The van der Waals surface area contributed by atoms with E-state index in [1.807, 2.05) is 6.07 Å². The fourth-order valence-corrected chi connectivity index (χ4v) is 12.3. The molecule has 1 aromatic heterocycles. The monoisotopic (exact) mass is 390 g/mol. The topological polar surface area (TPSA) is 17.4 Å². The summed E-state index contributed by atoms with van der Waals surface area (Å²) >= 11 is 0. The molecular weight excluding hydrogens is 355 g/mol. The second-order valence-electron chi connectivity index (χ2n) is 9.28. The number of benzene rings is 1. The first-order valence-corrected chi connectivity index (χ1v) is 12.4. The van der Waals surface area contributed by atoms with Gasteiger partial charge in [0.05, 0.1) is 0 Å². The quantitative estimate of drug-likeness (QED) is 0.612. The van der Waals surface area contributed by atoms with Gasteiger partial charge in [-0.15, -0.1) is 0 Å². The zero-order valence-corrected chi connectivity index (χ0v) is 19.1. The van der Waals surface area contributed by atoms with E-state index in [9.17, 15) is 4.39 Å². The first kappa shape index (κ1) is 20.4. The molecule has 3 rings (SSSR count). The van der Waals surface area contributed by atoms with Crippen LogP contribution in [0.3, 0.4) is 0 Å². The third-order valence-electron chi connectivity index (χ3n) is 6.75. The van der Waals surface area contributed by atoms with Gasteiger partial charge >= 0.3 is 0 Å².